The van der Waals surface area contributed by atoms with Crippen LogP contribution in [-0.2, 0) is 6.42 Å². The monoisotopic (exact) mass is 294 g/mol. The number of carbonyl (C=O) groups excluding carboxylic acids is 1. The number of benzene rings is 1. The van der Waals surface area contributed by atoms with E-state index in [4.69, 9.17) is 4.42 Å². The average molecular weight is 294 g/mol. The SMILES string of the molecule is O=Cc1ccc(CCCCNc2ccnc3ccccc23)o1. The highest BCUT2D eigenvalue weighted by Gasteiger charge is 2.02. The van der Waals surface area contributed by atoms with Crippen LogP contribution in [0.4, 0.5) is 5.69 Å². The number of unbranched alkanes of at least 4 members (excludes halogenated alkanes) is 1. The number of nitrogens with zero attached hydrogens (tertiary/aromatic N) is 1. The van der Waals surface area contributed by atoms with Crippen LogP contribution < -0.4 is 5.32 Å². The Hall–Kier alpha value is -2.62. The van der Waals surface area contributed by atoms with Crippen LogP contribution in [0.2, 0.25) is 0 Å². The minimum absolute atomic E-state index is 0.399. The average Bonchev–Trinajstić information content (AvgIpc) is 3.03. The summed E-state index contributed by atoms with van der Waals surface area (Å²) in [6.07, 6.45) is 5.47. The second kappa shape index (κ2) is 6.89. The second-order valence-electron chi connectivity index (χ2n) is 5.18. The molecule has 0 bridgehead atoms. The molecule has 0 spiro atoms. The Bertz CT molecular complexity index is 759. The minimum atomic E-state index is 0.399. The third-order valence-electron chi connectivity index (χ3n) is 3.61. The first kappa shape index (κ1) is 14.3. The summed E-state index contributed by atoms with van der Waals surface area (Å²) in [4.78, 5) is 14.9. The number of aldehydes is 1. The molecule has 1 N–H and O–H groups in total. The smallest absolute Gasteiger partial charge is 0.185 e. The summed E-state index contributed by atoms with van der Waals surface area (Å²) < 4.78 is 5.36. The Kier molecular flexibility index (Phi) is 4.49. The molecule has 1 aromatic carbocycles. The number of para-hydroxylation sites is 1. The molecule has 0 aliphatic rings. The van der Waals surface area contributed by atoms with Crippen molar-refractivity contribution >= 4 is 22.9 Å². The molecular formula is C18H18N2O2. The molecule has 0 saturated carbocycles. The van der Waals surface area contributed by atoms with Crippen molar-refractivity contribution in [1.29, 1.82) is 0 Å². The van der Waals surface area contributed by atoms with E-state index in [9.17, 15) is 4.79 Å². The van der Waals surface area contributed by atoms with E-state index < -0.39 is 0 Å². The fourth-order valence-electron chi connectivity index (χ4n) is 2.49. The van der Waals surface area contributed by atoms with Gasteiger partial charge in [-0.15, -0.1) is 0 Å². The van der Waals surface area contributed by atoms with Gasteiger partial charge in [-0.05, 0) is 37.1 Å². The van der Waals surface area contributed by atoms with Crippen molar-refractivity contribution in [2.75, 3.05) is 11.9 Å². The van der Waals surface area contributed by atoms with Gasteiger partial charge in [0.25, 0.3) is 0 Å². The number of fused-ring (bicyclic) bond motifs is 1. The van der Waals surface area contributed by atoms with Gasteiger partial charge in [-0.2, -0.15) is 0 Å². The van der Waals surface area contributed by atoms with E-state index in [-0.39, 0.29) is 0 Å². The van der Waals surface area contributed by atoms with Crippen molar-refractivity contribution in [2.45, 2.75) is 19.3 Å². The molecule has 4 heteroatoms. The standard InChI is InChI=1S/C18H18N2O2/c21-13-15-9-8-14(22-15)5-3-4-11-19-18-10-12-20-17-7-2-1-6-16(17)18/h1-2,6-10,12-13H,3-5,11H2,(H,19,20). The Balaban J connectivity index is 1.49. The van der Waals surface area contributed by atoms with E-state index in [1.165, 1.54) is 0 Å². The molecule has 0 aliphatic carbocycles. The van der Waals surface area contributed by atoms with E-state index in [2.05, 4.69) is 16.4 Å². The molecular weight excluding hydrogens is 276 g/mol. The molecule has 0 radical (unpaired) electrons. The van der Waals surface area contributed by atoms with Gasteiger partial charge in [0.05, 0.1) is 5.52 Å². The lowest BCUT2D eigenvalue weighted by Gasteiger charge is -2.08. The molecule has 112 valence electrons. The van der Waals surface area contributed by atoms with Crippen LogP contribution in [0.5, 0.6) is 0 Å². The largest absolute Gasteiger partial charge is 0.458 e. The molecule has 0 fully saturated rings. The lowest BCUT2D eigenvalue weighted by Crippen LogP contribution is -2.02. The zero-order valence-corrected chi connectivity index (χ0v) is 12.3. The molecule has 0 unspecified atom stereocenters. The molecule has 2 aromatic heterocycles. The summed E-state index contributed by atoms with van der Waals surface area (Å²) in [5.41, 5.74) is 2.12. The van der Waals surface area contributed by atoms with Gasteiger partial charge >= 0.3 is 0 Å². The van der Waals surface area contributed by atoms with Gasteiger partial charge in [0.2, 0.25) is 0 Å². The van der Waals surface area contributed by atoms with Crippen molar-refractivity contribution in [3.8, 4) is 0 Å². The maximum Gasteiger partial charge on any atom is 0.185 e. The van der Waals surface area contributed by atoms with E-state index in [1.54, 1.807) is 6.07 Å². The molecule has 4 nitrogen and oxygen atoms in total. The maximum absolute atomic E-state index is 10.6. The zero-order chi connectivity index (χ0) is 15.2. The number of hydrogen-bond acceptors (Lipinski definition) is 4. The van der Waals surface area contributed by atoms with E-state index >= 15 is 0 Å². The van der Waals surface area contributed by atoms with Gasteiger partial charge in [-0.1, -0.05) is 18.2 Å². The Labute approximate surface area is 129 Å². The Morgan fingerprint density at radius 3 is 2.86 bits per heavy atom. The van der Waals surface area contributed by atoms with Gasteiger partial charge < -0.3 is 9.73 Å². The molecule has 22 heavy (non-hydrogen) atoms. The quantitative estimate of drug-likeness (QED) is 0.527. The number of anilines is 1. The van der Waals surface area contributed by atoms with Crippen LogP contribution >= 0.6 is 0 Å². The molecule has 3 rings (SSSR count). The summed E-state index contributed by atoms with van der Waals surface area (Å²) in [6, 6.07) is 13.7. The number of nitrogens with one attached hydrogen (secondary N) is 1. The lowest BCUT2D eigenvalue weighted by molar-refractivity contribution is 0.109. The van der Waals surface area contributed by atoms with Crippen LogP contribution in [-0.4, -0.2) is 17.8 Å². The van der Waals surface area contributed by atoms with E-state index in [1.807, 2.05) is 36.5 Å². The first-order valence-corrected chi connectivity index (χ1v) is 7.48. The number of aryl methyl sites for hydroxylation is 1. The van der Waals surface area contributed by atoms with Crippen LogP contribution in [0.25, 0.3) is 10.9 Å². The fourth-order valence-corrected chi connectivity index (χ4v) is 2.49. The van der Waals surface area contributed by atoms with Gasteiger partial charge in [0.1, 0.15) is 5.76 Å². The van der Waals surface area contributed by atoms with Crippen molar-refractivity contribution in [1.82, 2.24) is 4.98 Å². The summed E-state index contributed by atoms with van der Waals surface area (Å²) in [7, 11) is 0. The summed E-state index contributed by atoms with van der Waals surface area (Å²) >= 11 is 0. The number of rotatable bonds is 7. The van der Waals surface area contributed by atoms with Crippen LogP contribution in [0, 0.1) is 0 Å². The zero-order valence-electron chi connectivity index (χ0n) is 12.3. The number of furan rings is 1. The Morgan fingerprint density at radius 1 is 1.09 bits per heavy atom. The minimum Gasteiger partial charge on any atom is -0.458 e. The van der Waals surface area contributed by atoms with Gasteiger partial charge in [0, 0.05) is 30.2 Å². The van der Waals surface area contributed by atoms with Crippen LogP contribution in [0.1, 0.15) is 29.2 Å². The van der Waals surface area contributed by atoms with Crippen LogP contribution in [0.3, 0.4) is 0 Å². The van der Waals surface area contributed by atoms with Crippen LogP contribution in [0.15, 0.2) is 53.1 Å². The first-order chi connectivity index (χ1) is 10.9. The molecule has 0 amide bonds. The fraction of sp³-hybridized carbons (Fsp3) is 0.222. The maximum atomic E-state index is 10.6. The van der Waals surface area contributed by atoms with Gasteiger partial charge in [-0.25, -0.2) is 0 Å². The predicted molar refractivity (Wildman–Crippen MR) is 87.3 cm³/mol. The summed E-state index contributed by atoms with van der Waals surface area (Å²) in [5, 5.41) is 4.61. The third-order valence-corrected chi connectivity index (χ3v) is 3.61. The highest BCUT2D eigenvalue weighted by molar-refractivity contribution is 5.90. The van der Waals surface area contributed by atoms with Gasteiger partial charge in [-0.3, -0.25) is 9.78 Å². The van der Waals surface area contributed by atoms with Gasteiger partial charge in [0.15, 0.2) is 12.0 Å². The summed E-state index contributed by atoms with van der Waals surface area (Å²) in [6.45, 7) is 0.898. The van der Waals surface area contributed by atoms with E-state index in [0.29, 0.717) is 5.76 Å². The topological polar surface area (TPSA) is 55.1 Å². The van der Waals surface area contributed by atoms with E-state index in [0.717, 1.165) is 54.4 Å². The summed E-state index contributed by atoms with van der Waals surface area (Å²) in [5.74, 6) is 1.27. The third kappa shape index (κ3) is 3.34. The number of hydrogen-bond donors (Lipinski definition) is 1. The number of pyridine rings is 1. The molecule has 0 atom stereocenters. The predicted octanol–water partition coefficient (Wildman–Crippen LogP) is 4.08. The molecule has 3 aromatic rings. The number of carbonyl (C=O) groups is 1. The van der Waals surface area contributed by atoms with Crippen molar-refractivity contribution < 1.29 is 9.21 Å². The highest BCUT2D eigenvalue weighted by Crippen LogP contribution is 2.20. The van der Waals surface area contributed by atoms with Crippen molar-refractivity contribution in [3.63, 3.8) is 0 Å². The van der Waals surface area contributed by atoms with Crippen molar-refractivity contribution in [2.24, 2.45) is 0 Å². The lowest BCUT2D eigenvalue weighted by atomic mass is 10.1. The molecule has 2 heterocycles. The second-order valence-corrected chi connectivity index (χ2v) is 5.18. The normalized spacial score (nSPS) is 10.7. The first-order valence-electron chi connectivity index (χ1n) is 7.48. The molecule has 0 saturated heterocycles. The number of aromatic nitrogens is 1. The Morgan fingerprint density at radius 2 is 2.00 bits per heavy atom. The molecule has 0 aliphatic heterocycles. The van der Waals surface area contributed by atoms with Crippen molar-refractivity contribution in [3.05, 3.63) is 60.2 Å². The highest BCUT2D eigenvalue weighted by atomic mass is 16.3.